The molecule has 0 radical (unpaired) electrons. The Balaban J connectivity index is 1.04. The number of imidazole rings is 1. The number of hydrogen-bond donors (Lipinski definition) is 4. The van der Waals surface area contributed by atoms with E-state index in [1.165, 1.54) is 14.2 Å². The first-order valence-corrected chi connectivity index (χ1v) is 20.7. The van der Waals surface area contributed by atoms with Gasteiger partial charge in [0.05, 0.1) is 61.5 Å². The molecular weight excluding hydrogens is 770 g/mol. The van der Waals surface area contributed by atoms with Crippen LogP contribution in [0.4, 0.5) is 9.59 Å². The molecule has 3 unspecified atom stereocenters. The average Bonchev–Trinajstić information content (AvgIpc) is 4.04. The molecule has 3 aliphatic rings. The number of amides is 4. The number of aliphatic imine (C=N–C) groups is 1. The minimum absolute atomic E-state index is 0.0462. The summed E-state index contributed by atoms with van der Waals surface area (Å²) < 4.78 is 11.6. The second kappa shape index (κ2) is 16.8. The molecule has 0 aliphatic carbocycles. The van der Waals surface area contributed by atoms with Crippen LogP contribution >= 0.6 is 22.9 Å². The Hall–Kier alpha value is -5.09. The topological polar surface area (TPSA) is 175 Å². The van der Waals surface area contributed by atoms with E-state index in [1.54, 1.807) is 22.4 Å². The van der Waals surface area contributed by atoms with Crippen LogP contribution in [-0.4, -0.2) is 106 Å². The molecule has 4 amide bonds. The molecule has 0 saturated carbocycles. The number of hydrogen-bond acceptors (Lipinski definition) is 10. The molecule has 5 atom stereocenters. The molecule has 2 saturated heterocycles. The number of nitrogens with one attached hydrogen (secondary N) is 4. The van der Waals surface area contributed by atoms with Gasteiger partial charge in [-0.25, -0.2) is 14.6 Å². The van der Waals surface area contributed by atoms with Gasteiger partial charge in [0, 0.05) is 30.2 Å². The highest BCUT2D eigenvalue weighted by molar-refractivity contribution is 7.17. The third-order valence-corrected chi connectivity index (χ3v) is 12.5. The van der Waals surface area contributed by atoms with E-state index in [0.717, 1.165) is 64.2 Å². The van der Waals surface area contributed by atoms with E-state index >= 15 is 0 Å². The van der Waals surface area contributed by atoms with Gasteiger partial charge in [0.25, 0.3) is 0 Å². The summed E-state index contributed by atoms with van der Waals surface area (Å²) in [6.45, 7) is 9.33. The predicted octanol–water partition coefficient (Wildman–Crippen LogP) is 6.19. The molecule has 17 heteroatoms. The summed E-state index contributed by atoms with van der Waals surface area (Å²) >= 11 is 8.63. The maximum Gasteiger partial charge on any atom is 0.407 e. The lowest BCUT2D eigenvalue weighted by Gasteiger charge is -2.31. The van der Waals surface area contributed by atoms with Crippen molar-refractivity contribution in [2.75, 3.05) is 33.9 Å². The Kier molecular flexibility index (Phi) is 11.8. The highest BCUT2D eigenvalue weighted by Gasteiger charge is 2.40. The van der Waals surface area contributed by atoms with Gasteiger partial charge < -0.3 is 44.8 Å². The quantitative estimate of drug-likeness (QED) is 0.139. The van der Waals surface area contributed by atoms with E-state index in [-0.39, 0.29) is 41.8 Å². The highest BCUT2D eigenvalue weighted by Crippen LogP contribution is 2.38. The summed E-state index contributed by atoms with van der Waals surface area (Å²) in [5.41, 5.74) is 3.62. The lowest BCUT2D eigenvalue weighted by atomic mass is 10.0. The molecule has 7 rings (SSSR count). The van der Waals surface area contributed by atoms with Gasteiger partial charge in [-0.1, -0.05) is 45.4 Å². The zero-order chi connectivity index (χ0) is 40.5. The zero-order valence-electron chi connectivity index (χ0n) is 33.0. The summed E-state index contributed by atoms with van der Waals surface area (Å²) in [7, 11) is 2.58. The lowest BCUT2D eigenvalue weighted by Crippen LogP contribution is -2.54. The van der Waals surface area contributed by atoms with Crippen LogP contribution < -0.4 is 16.0 Å². The Morgan fingerprint density at radius 3 is 2.16 bits per heavy atom. The van der Waals surface area contributed by atoms with Gasteiger partial charge in [-0.05, 0) is 66.7 Å². The fourth-order valence-electron chi connectivity index (χ4n) is 8.15. The first-order valence-electron chi connectivity index (χ1n) is 19.4. The third-order valence-electron chi connectivity index (χ3n) is 11.2. The van der Waals surface area contributed by atoms with Crippen LogP contribution in [-0.2, 0) is 19.1 Å². The van der Waals surface area contributed by atoms with Crippen molar-refractivity contribution in [1.82, 2.24) is 40.3 Å². The normalized spacial score (nSPS) is 20.5. The molecule has 57 heavy (non-hydrogen) atoms. The number of ether oxygens (including phenoxy) is 2. The largest absolute Gasteiger partial charge is 0.453 e. The molecule has 304 valence electrons. The van der Waals surface area contributed by atoms with Gasteiger partial charge in [0.15, 0.2) is 0 Å². The predicted molar refractivity (Wildman–Crippen MR) is 219 cm³/mol. The van der Waals surface area contributed by atoms with Crippen molar-refractivity contribution >= 4 is 63.0 Å². The summed E-state index contributed by atoms with van der Waals surface area (Å²) in [4.78, 5) is 68.9. The van der Waals surface area contributed by atoms with Crippen LogP contribution in [0.15, 0.2) is 47.0 Å². The number of thiophene rings is 1. The van der Waals surface area contributed by atoms with E-state index in [4.69, 9.17) is 26.1 Å². The van der Waals surface area contributed by atoms with E-state index in [2.05, 4.69) is 41.9 Å². The van der Waals surface area contributed by atoms with Crippen LogP contribution in [0.25, 0.3) is 27.2 Å². The average molecular weight is 820 g/mol. The first-order chi connectivity index (χ1) is 27.4. The summed E-state index contributed by atoms with van der Waals surface area (Å²) in [6, 6.07) is 6.14. The molecule has 0 bridgehead atoms. The number of carbonyl (C=O) groups excluding carboxylic acids is 4. The molecule has 3 aromatic heterocycles. The van der Waals surface area contributed by atoms with Gasteiger partial charge in [0.2, 0.25) is 11.8 Å². The number of aromatic amines is 1. The number of methoxy groups -OCH3 is 2. The van der Waals surface area contributed by atoms with Gasteiger partial charge >= 0.3 is 12.2 Å². The van der Waals surface area contributed by atoms with Gasteiger partial charge in [-0.15, -0.1) is 11.3 Å². The van der Waals surface area contributed by atoms with Crippen LogP contribution in [0, 0.1) is 11.8 Å². The van der Waals surface area contributed by atoms with Crippen molar-refractivity contribution in [1.29, 1.82) is 0 Å². The first kappa shape index (κ1) is 40.1. The number of nitrogens with zero attached hydrogens (tertiary/aromatic N) is 5. The van der Waals surface area contributed by atoms with Crippen molar-refractivity contribution < 1.29 is 28.7 Å². The number of aromatic nitrogens is 3. The maximum absolute atomic E-state index is 13.7. The number of rotatable bonds is 11. The molecule has 2 fully saturated rings. The number of amidine groups is 1. The standard InChI is InChI=1S/C40H50ClN9O6S/c1-21(2)32(46-39(53)55-5)36(51)48-14-7-9-30(48)34-42-18-27(44-34)23-11-12-29(26(41)17-23)50-16-13-24-25(20-57-38(24)50)28-19-43-35(45-28)31-10-8-15-49(31)37(52)33(22(3)4)47-40(54)56-6/h11-13,16-18,20-22,28,30-33H,7-10,14-15,19H2,1-6H3,(H,42,44)(H,43,45)(H,46,53)(H,47,54)/t28?,30?,31?,32-,33-/m0/s1. The minimum Gasteiger partial charge on any atom is -0.453 e. The van der Waals surface area contributed by atoms with Gasteiger partial charge in [-0.2, -0.15) is 0 Å². The zero-order valence-corrected chi connectivity index (χ0v) is 34.6. The van der Waals surface area contributed by atoms with E-state index in [0.29, 0.717) is 30.5 Å². The fourth-order valence-corrected chi connectivity index (χ4v) is 9.53. The van der Waals surface area contributed by atoms with Gasteiger partial charge in [0.1, 0.15) is 28.6 Å². The van der Waals surface area contributed by atoms with E-state index < -0.39 is 24.3 Å². The van der Waals surface area contributed by atoms with Crippen molar-refractivity contribution in [3.63, 3.8) is 0 Å². The Labute approximate surface area is 340 Å². The molecule has 0 spiro atoms. The minimum atomic E-state index is -0.708. The second-order valence-electron chi connectivity index (χ2n) is 15.5. The Morgan fingerprint density at radius 1 is 0.912 bits per heavy atom. The monoisotopic (exact) mass is 819 g/mol. The smallest absolute Gasteiger partial charge is 0.407 e. The molecule has 15 nitrogen and oxygen atoms in total. The molecule has 4 N–H and O–H groups in total. The van der Waals surface area contributed by atoms with E-state index in [1.807, 2.05) is 57.0 Å². The number of carbonyl (C=O) groups is 4. The van der Waals surface area contributed by atoms with Crippen molar-refractivity contribution in [3.8, 4) is 16.9 Å². The maximum atomic E-state index is 13.7. The third kappa shape index (κ3) is 7.93. The van der Waals surface area contributed by atoms with Crippen LogP contribution in [0.5, 0.6) is 0 Å². The SMILES string of the molecule is COC(=O)N[C@H](C(=O)N1CCCC1C1=NCC(c2csc3c2ccn3-c2ccc(-c3cnc(C4CCCN4C(=O)[C@@H](NC(=O)OC)C(C)C)[nH]3)cc2Cl)N1)C(C)C. The highest BCUT2D eigenvalue weighted by atomic mass is 35.5. The summed E-state index contributed by atoms with van der Waals surface area (Å²) in [6.07, 6.45) is 5.77. The number of halogens is 1. The number of H-pyrrole nitrogens is 1. The summed E-state index contributed by atoms with van der Waals surface area (Å²) in [5, 5.41) is 12.9. The number of likely N-dealkylation sites (tertiary alicyclic amines) is 2. The molecule has 3 aliphatic heterocycles. The van der Waals surface area contributed by atoms with Crippen LogP contribution in [0.3, 0.4) is 0 Å². The number of alkyl carbamates (subject to hydrolysis) is 2. The van der Waals surface area contributed by atoms with Crippen LogP contribution in [0.1, 0.15) is 76.8 Å². The Morgan fingerprint density at radius 2 is 1.54 bits per heavy atom. The number of benzene rings is 1. The summed E-state index contributed by atoms with van der Waals surface area (Å²) in [5.74, 6) is 0.968. The lowest BCUT2D eigenvalue weighted by molar-refractivity contribution is -0.135. The van der Waals surface area contributed by atoms with Crippen molar-refractivity contribution in [2.24, 2.45) is 16.8 Å². The molecular formula is C40H50ClN9O6S. The Bertz CT molecular complexity index is 2180. The molecule has 6 heterocycles. The fraction of sp³-hybridized carbons (Fsp3) is 0.500. The molecule has 1 aromatic carbocycles. The second-order valence-corrected chi connectivity index (χ2v) is 16.7. The molecule has 4 aromatic rings. The number of fused-ring (bicyclic) bond motifs is 1. The van der Waals surface area contributed by atoms with Crippen molar-refractivity contribution in [2.45, 2.75) is 83.6 Å². The van der Waals surface area contributed by atoms with E-state index in [9.17, 15) is 19.2 Å². The van der Waals surface area contributed by atoms with Crippen molar-refractivity contribution in [3.05, 3.63) is 58.4 Å². The van der Waals surface area contributed by atoms with Crippen LogP contribution in [0.2, 0.25) is 5.02 Å². The van der Waals surface area contributed by atoms with Gasteiger partial charge in [-0.3, -0.25) is 14.6 Å².